The zero-order valence-electron chi connectivity index (χ0n) is 10.3. The smallest absolute Gasteiger partial charge is 0.184 e. The Bertz CT molecular complexity index is 384. The first kappa shape index (κ1) is 14.4. The van der Waals surface area contributed by atoms with Gasteiger partial charge in [-0.3, -0.25) is 0 Å². The molecule has 0 amide bonds. The van der Waals surface area contributed by atoms with Crippen molar-refractivity contribution in [2.75, 3.05) is 6.61 Å². The molecule has 5 atom stereocenters. The number of aliphatic hydroxyl groups excluding tert-OH is 4. The minimum atomic E-state index is -1.39. The van der Waals surface area contributed by atoms with E-state index in [1.54, 1.807) is 0 Å². The molecule has 0 saturated carbocycles. The molecule has 4 N–H and O–H groups in total. The third-order valence-corrected chi connectivity index (χ3v) is 3.13. The van der Waals surface area contributed by atoms with Crippen LogP contribution in [0.5, 0.6) is 0 Å². The van der Waals surface area contributed by atoms with E-state index >= 15 is 0 Å². The molecule has 1 aromatic carbocycles. The van der Waals surface area contributed by atoms with E-state index in [1.807, 2.05) is 30.3 Å². The molecule has 0 unspecified atom stereocenters. The van der Waals surface area contributed by atoms with Crippen LogP contribution in [0.25, 0.3) is 0 Å². The molecule has 6 heteroatoms. The first-order chi connectivity index (χ1) is 9.13. The normalized spacial score (nSPS) is 35.3. The van der Waals surface area contributed by atoms with Crippen molar-refractivity contribution in [3.63, 3.8) is 0 Å². The summed E-state index contributed by atoms with van der Waals surface area (Å²) in [6.07, 6.45) is -6.07. The van der Waals surface area contributed by atoms with Gasteiger partial charge in [-0.15, -0.1) is 0 Å². The maximum Gasteiger partial charge on any atom is 0.184 e. The topological polar surface area (TPSA) is 99.4 Å². The third kappa shape index (κ3) is 3.30. The molecule has 1 heterocycles. The molecule has 0 radical (unpaired) electrons. The number of hydrogen-bond donors (Lipinski definition) is 4. The molecule has 1 aliphatic rings. The van der Waals surface area contributed by atoms with Crippen molar-refractivity contribution in [3.05, 3.63) is 35.9 Å². The van der Waals surface area contributed by atoms with Crippen molar-refractivity contribution < 1.29 is 29.9 Å². The van der Waals surface area contributed by atoms with Gasteiger partial charge in [0, 0.05) is 0 Å². The maximum atomic E-state index is 9.86. The molecule has 0 spiro atoms. The number of benzene rings is 1. The fourth-order valence-electron chi connectivity index (χ4n) is 2.02. The lowest BCUT2D eigenvalue weighted by Gasteiger charge is -2.39. The van der Waals surface area contributed by atoms with E-state index in [9.17, 15) is 15.3 Å². The fraction of sp³-hybridized carbons (Fsp3) is 0.538. The molecule has 0 aromatic heterocycles. The highest BCUT2D eigenvalue weighted by molar-refractivity contribution is 5.13. The lowest BCUT2D eigenvalue weighted by atomic mass is 9.99. The Labute approximate surface area is 110 Å². The molecule has 0 aliphatic carbocycles. The van der Waals surface area contributed by atoms with Crippen LogP contribution < -0.4 is 0 Å². The summed E-state index contributed by atoms with van der Waals surface area (Å²) < 4.78 is 10.4. The Hall–Kier alpha value is -1.02. The summed E-state index contributed by atoms with van der Waals surface area (Å²) in [7, 11) is 0. The first-order valence-corrected chi connectivity index (χ1v) is 6.09. The zero-order valence-corrected chi connectivity index (χ0v) is 10.3. The SMILES string of the molecule is OC[C@@H]1O[C@H](O)[C@@H](OCc2ccccc2)[C@@H](O)[C@@H]1O. The number of hydrogen-bond acceptors (Lipinski definition) is 6. The van der Waals surface area contributed by atoms with E-state index in [0.29, 0.717) is 0 Å². The third-order valence-electron chi connectivity index (χ3n) is 3.13. The van der Waals surface area contributed by atoms with Gasteiger partial charge in [-0.2, -0.15) is 0 Å². The van der Waals surface area contributed by atoms with Crippen molar-refractivity contribution in [1.82, 2.24) is 0 Å². The summed E-state index contributed by atoms with van der Waals surface area (Å²) >= 11 is 0. The molecular weight excluding hydrogens is 252 g/mol. The highest BCUT2D eigenvalue weighted by atomic mass is 16.7. The van der Waals surface area contributed by atoms with Crippen molar-refractivity contribution >= 4 is 0 Å². The van der Waals surface area contributed by atoms with Crippen LogP contribution in [-0.2, 0) is 16.1 Å². The molecule has 6 nitrogen and oxygen atoms in total. The molecule has 1 saturated heterocycles. The van der Waals surface area contributed by atoms with Crippen LogP contribution in [0, 0.1) is 0 Å². The van der Waals surface area contributed by atoms with Gasteiger partial charge >= 0.3 is 0 Å². The fourth-order valence-corrected chi connectivity index (χ4v) is 2.02. The monoisotopic (exact) mass is 270 g/mol. The van der Waals surface area contributed by atoms with Gasteiger partial charge in [0.25, 0.3) is 0 Å². The van der Waals surface area contributed by atoms with Gasteiger partial charge in [-0.1, -0.05) is 30.3 Å². The lowest BCUT2D eigenvalue weighted by molar-refractivity contribution is -0.298. The number of aliphatic hydroxyl groups is 4. The van der Waals surface area contributed by atoms with E-state index in [4.69, 9.17) is 14.6 Å². The Kier molecular flexibility index (Phi) is 4.87. The average molecular weight is 270 g/mol. The standard InChI is InChI=1S/C13H18O6/c14-6-9-10(15)11(16)12(13(17)19-9)18-7-8-4-2-1-3-5-8/h1-5,9-17H,6-7H2/t9-,10+,11-,12-,13-/m0/s1. The van der Waals surface area contributed by atoms with Crippen LogP contribution in [0.3, 0.4) is 0 Å². The summed E-state index contributed by atoms with van der Waals surface area (Å²) in [6, 6.07) is 9.25. The minimum Gasteiger partial charge on any atom is -0.394 e. The second kappa shape index (κ2) is 6.42. The van der Waals surface area contributed by atoms with E-state index in [0.717, 1.165) is 5.56 Å². The van der Waals surface area contributed by atoms with Gasteiger partial charge in [0.2, 0.25) is 0 Å². The molecule has 2 rings (SSSR count). The Morgan fingerprint density at radius 3 is 2.37 bits per heavy atom. The average Bonchev–Trinajstić information content (AvgIpc) is 2.44. The molecule has 1 aliphatic heterocycles. The van der Waals surface area contributed by atoms with Crippen molar-refractivity contribution in [2.45, 2.75) is 37.3 Å². The Balaban J connectivity index is 1.96. The van der Waals surface area contributed by atoms with Crippen LogP contribution >= 0.6 is 0 Å². The van der Waals surface area contributed by atoms with Gasteiger partial charge in [0.1, 0.15) is 24.4 Å². The van der Waals surface area contributed by atoms with E-state index in [-0.39, 0.29) is 6.61 Å². The minimum absolute atomic E-state index is 0.180. The predicted molar refractivity (Wildman–Crippen MR) is 65.0 cm³/mol. The van der Waals surface area contributed by atoms with Gasteiger partial charge in [0.15, 0.2) is 6.29 Å². The van der Waals surface area contributed by atoms with E-state index in [2.05, 4.69) is 0 Å². The summed E-state index contributed by atoms with van der Waals surface area (Å²) in [6.45, 7) is -0.305. The van der Waals surface area contributed by atoms with E-state index < -0.39 is 37.3 Å². The van der Waals surface area contributed by atoms with Gasteiger partial charge in [-0.05, 0) is 5.56 Å². The maximum absolute atomic E-state index is 9.86. The van der Waals surface area contributed by atoms with Crippen LogP contribution in [0.15, 0.2) is 30.3 Å². The highest BCUT2D eigenvalue weighted by Crippen LogP contribution is 2.23. The molecule has 1 aromatic rings. The lowest BCUT2D eigenvalue weighted by Crippen LogP contribution is -2.59. The molecule has 19 heavy (non-hydrogen) atoms. The van der Waals surface area contributed by atoms with Crippen LogP contribution in [0.4, 0.5) is 0 Å². The summed E-state index contributed by atoms with van der Waals surface area (Å²) in [5.74, 6) is 0. The summed E-state index contributed by atoms with van der Waals surface area (Å²) in [4.78, 5) is 0. The highest BCUT2D eigenvalue weighted by Gasteiger charge is 2.44. The second-order valence-electron chi connectivity index (χ2n) is 4.49. The van der Waals surface area contributed by atoms with Crippen LogP contribution in [-0.4, -0.2) is 57.7 Å². The predicted octanol–water partition coefficient (Wildman–Crippen LogP) is -0.997. The van der Waals surface area contributed by atoms with Crippen LogP contribution in [0.1, 0.15) is 5.56 Å². The van der Waals surface area contributed by atoms with E-state index in [1.165, 1.54) is 0 Å². The number of rotatable bonds is 4. The van der Waals surface area contributed by atoms with Gasteiger partial charge in [-0.25, -0.2) is 0 Å². The molecular formula is C13H18O6. The van der Waals surface area contributed by atoms with Crippen LogP contribution in [0.2, 0.25) is 0 Å². The van der Waals surface area contributed by atoms with Gasteiger partial charge < -0.3 is 29.9 Å². The zero-order chi connectivity index (χ0) is 13.8. The largest absolute Gasteiger partial charge is 0.394 e. The Morgan fingerprint density at radius 1 is 1.05 bits per heavy atom. The summed E-state index contributed by atoms with van der Waals surface area (Å²) in [5, 5.41) is 38.2. The van der Waals surface area contributed by atoms with Gasteiger partial charge in [0.05, 0.1) is 13.2 Å². The van der Waals surface area contributed by atoms with Crippen molar-refractivity contribution in [1.29, 1.82) is 0 Å². The molecule has 0 bridgehead atoms. The molecule has 1 fully saturated rings. The summed E-state index contributed by atoms with van der Waals surface area (Å²) in [5.41, 5.74) is 0.876. The first-order valence-electron chi connectivity index (χ1n) is 6.09. The second-order valence-corrected chi connectivity index (χ2v) is 4.49. The van der Waals surface area contributed by atoms with Crippen molar-refractivity contribution in [2.24, 2.45) is 0 Å². The molecule has 106 valence electrons. The number of ether oxygens (including phenoxy) is 2. The Morgan fingerprint density at radius 2 is 1.74 bits per heavy atom. The quantitative estimate of drug-likeness (QED) is 0.560. The van der Waals surface area contributed by atoms with Crippen molar-refractivity contribution in [3.8, 4) is 0 Å².